The lowest BCUT2D eigenvalue weighted by atomic mass is 10.0. The molecule has 2 rings (SSSR count). The van der Waals surface area contributed by atoms with E-state index < -0.39 is 0 Å². The van der Waals surface area contributed by atoms with Crippen LogP contribution in [0.5, 0.6) is 0 Å². The van der Waals surface area contributed by atoms with Gasteiger partial charge in [-0.2, -0.15) is 11.8 Å². The van der Waals surface area contributed by atoms with Gasteiger partial charge in [0.2, 0.25) is 0 Å². The molecule has 0 radical (unpaired) electrons. The summed E-state index contributed by atoms with van der Waals surface area (Å²) in [5.41, 5.74) is 2.42. The number of anilines is 1. The summed E-state index contributed by atoms with van der Waals surface area (Å²) in [6.07, 6.45) is 3.01. The highest BCUT2D eigenvalue weighted by atomic mass is 32.2. The molecular weight excluding hydrogens is 270 g/mol. The number of nitrogens with zero attached hydrogens (tertiary/aromatic N) is 2. The summed E-state index contributed by atoms with van der Waals surface area (Å²) in [7, 11) is 1.89. The SMILES string of the molecule is CNc1ncc(C(C)C)cc1CN1CCSCC1C=O. The molecule has 0 saturated carbocycles. The molecule has 1 aliphatic heterocycles. The fourth-order valence-electron chi connectivity index (χ4n) is 2.39. The topological polar surface area (TPSA) is 45.2 Å². The van der Waals surface area contributed by atoms with Crippen molar-refractivity contribution in [1.29, 1.82) is 0 Å². The largest absolute Gasteiger partial charge is 0.373 e. The van der Waals surface area contributed by atoms with Gasteiger partial charge in [0.25, 0.3) is 0 Å². The minimum atomic E-state index is 0.0289. The molecular formula is C15H23N3OS. The summed E-state index contributed by atoms with van der Waals surface area (Å²) in [4.78, 5) is 18.0. The Labute approximate surface area is 125 Å². The Bertz CT molecular complexity index is 464. The van der Waals surface area contributed by atoms with E-state index in [1.165, 1.54) is 11.1 Å². The minimum absolute atomic E-state index is 0.0289. The highest BCUT2D eigenvalue weighted by Gasteiger charge is 2.23. The van der Waals surface area contributed by atoms with E-state index in [0.717, 1.165) is 36.7 Å². The van der Waals surface area contributed by atoms with Crippen molar-refractivity contribution in [3.8, 4) is 0 Å². The molecule has 0 amide bonds. The van der Waals surface area contributed by atoms with Crippen molar-refractivity contribution in [2.45, 2.75) is 32.4 Å². The summed E-state index contributed by atoms with van der Waals surface area (Å²) in [6, 6.07) is 2.24. The quantitative estimate of drug-likeness (QED) is 0.844. The number of carbonyl (C=O) groups is 1. The Morgan fingerprint density at radius 1 is 1.60 bits per heavy atom. The number of hydrogen-bond donors (Lipinski definition) is 1. The molecule has 4 nitrogen and oxygen atoms in total. The Morgan fingerprint density at radius 3 is 3.05 bits per heavy atom. The molecule has 1 aliphatic rings. The van der Waals surface area contributed by atoms with Crippen molar-refractivity contribution >= 4 is 23.9 Å². The average Bonchev–Trinajstić information content (AvgIpc) is 2.47. The number of aldehydes is 1. The van der Waals surface area contributed by atoms with E-state index in [1.54, 1.807) is 0 Å². The summed E-state index contributed by atoms with van der Waals surface area (Å²) in [5, 5.41) is 3.15. The fraction of sp³-hybridized carbons (Fsp3) is 0.600. The maximum absolute atomic E-state index is 11.2. The maximum atomic E-state index is 11.2. The second-order valence-electron chi connectivity index (χ2n) is 5.43. The first-order valence-electron chi connectivity index (χ1n) is 7.09. The summed E-state index contributed by atoms with van der Waals surface area (Å²) in [5.74, 6) is 3.37. The molecule has 1 aromatic rings. The third-order valence-electron chi connectivity index (χ3n) is 3.70. The number of thioether (sulfide) groups is 1. The molecule has 0 aromatic carbocycles. The highest BCUT2D eigenvalue weighted by Crippen LogP contribution is 2.24. The molecule has 1 atom stereocenters. The predicted molar refractivity (Wildman–Crippen MR) is 85.5 cm³/mol. The third-order valence-corrected chi connectivity index (χ3v) is 4.75. The van der Waals surface area contributed by atoms with Gasteiger partial charge >= 0.3 is 0 Å². The zero-order chi connectivity index (χ0) is 14.5. The van der Waals surface area contributed by atoms with Crippen LogP contribution in [-0.4, -0.2) is 47.3 Å². The molecule has 1 unspecified atom stereocenters. The number of hydrogen-bond acceptors (Lipinski definition) is 5. The molecule has 20 heavy (non-hydrogen) atoms. The van der Waals surface area contributed by atoms with E-state index in [2.05, 4.69) is 35.1 Å². The van der Waals surface area contributed by atoms with Crippen LogP contribution in [0.4, 0.5) is 5.82 Å². The Morgan fingerprint density at radius 2 is 2.40 bits per heavy atom. The lowest BCUT2D eigenvalue weighted by Gasteiger charge is -2.32. The van der Waals surface area contributed by atoms with Crippen LogP contribution in [0.15, 0.2) is 12.3 Å². The van der Waals surface area contributed by atoms with Gasteiger partial charge in [0, 0.05) is 43.4 Å². The second kappa shape index (κ2) is 7.09. The van der Waals surface area contributed by atoms with Crippen molar-refractivity contribution in [3.05, 3.63) is 23.4 Å². The Hall–Kier alpha value is -1.07. The van der Waals surface area contributed by atoms with Crippen molar-refractivity contribution in [2.24, 2.45) is 0 Å². The van der Waals surface area contributed by atoms with Gasteiger partial charge in [0.15, 0.2) is 0 Å². The molecule has 5 heteroatoms. The Balaban J connectivity index is 2.21. The fourth-order valence-corrected chi connectivity index (χ4v) is 3.45. The van der Waals surface area contributed by atoms with Crippen molar-refractivity contribution < 1.29 is 4.79 Å². The van der Waals surface area contributed by atoms with Gasteiger partial charge in [-0.15, -0.1) is 0 Å². The first kappa shape index (κ1) is 15.3. The number of pyridine rings is 1. The van der Waals surface area contributed by atoms with Gasteiger partial charge in [0.05, 0.1) is 6.04 Å². The molecule has 1 saturated heterocycles. The van der Waals surface area contributed by atoms with E-state index >= 15 is 0 Å². The van der Waals surface area contributed by atoms with E-state index in [0.29, 0.717) is 5.92 Å². The molecule has 0 spiro atoms. The lowest BCUT2D eigenvalue weighted by Crippen LogP contribution is -2.42. The first-order chi connectivity index (χ1) is 9.65. The highest BCUT2D eigenvalue weighted by molar-refractivity contribution is 7.99. The monoisotopic (exact) mass is 293 g/mol. The maximum Gasteiger partial charge on any atom is 0.137 e. The van der Waals surface area contributed by atoms with Gasteiger partial charge in [-0.1, -0.05) is 13.8 Å². The predicted octanol–water partition coefficient (Wildman–Crippen LogP) is 2.36. The van der Waals surface area contributed by atoms with E-state index in [4.69, 9.17) is 0 Å². The van der Waals surface area contributed by atoms with Crippen LogP contribution in [-0.2, 0) is 11.3 Å². The zero-order valence-electron chi connectivity index (χ0n) is 12.4. The average molecular weight is 293 g/mol. The molecule has 1 N–H and O–H groups in total. The number of aromatic nitrogens is 1. The van der Waals surface area contributed by atoms with Gasteiger partial charge in [-0.25, -0.2) is 4.98 Å². The molecule has 1 fully saturated rings. The molecule has 0 bridgehead atoms. The van der Waals surface area contributed by atoms with Crippen molar-refractivity contribution in [2.75, 3.05) is 30.4 Å². The van der Waals surface area contributed by atoms with Crippen LogP contribution in [0.2, 0.25) is 0 Å². The third kappa shape index (κ3) is 3.52. The second-order valence-corrected chi connectivity index (χ2v) is 6.58. The van der Waals surface area contributed by atoms with E-state index in [9.17, 15) is 4.79 Å². The minimum Gasteiger partial charge on any atom is -0.373 e. The Kier molecular flexibility index (Phi) is 5.43. The van der Waals surface area contributed by atoms with Crippen LogP contribution in [0.25, 0.3) is 0 Å². The first-order valence-corrected chi connectivity index (χ1v) is 8.24. The zero-order valence-corrected chi connectivity index (χ0v) is 13.2. The summed E-state index contributed by atoms with van der Waals surface area (Å²) < 4.78 is 0. The van der Waals surface area contributed by atoms with Gasteiger partial charge in [-0.3, -0.25) is 4.90 Å². The van der Waals surface area contributed by atoms with E-state index in [-0.39, 0.29) is 6.04 Å². The van der Waals surface area contributed by atoms with Crippen molar-refractivity contribution in [1.82, 2.24) is 9.88 Å². The number of carbonyl (C=O) groups excluding carboxylic acids is 1. The van der Waals surface area contributed by atoms with Crippen LogP contribution in [0, 0.1) is 0 Å². The number of rotatable bonds is 5. The smallest absolute Gasteiger partial charge is 0.137 e. The van der Waals surface area contributed by atoms with Gasteiger partial charge < -0.3 is 10.1 Å². The van der Waals surface area contributed by atoms with Crippen LogP contribution in [0.1, 0.15) is 30.9 Å². The normalized spacial score (nSPS) is 20.1. The van der Waals surface area contributed by atoms with E-state index in [1.807, 2.05) is 25.0 Å². The molecule has 110 valence electrons. The van der Waals surface area contributed by atoms with Crippen LogP contribution in [0.3, 0.4) is 0 Å². The molecule has 2 heterocycles. The van der Waals surface area contributed by atoms with Crippen LogP contribution >= 0.6 is 11.8 Å². The summed E-state index contributed by atoms with van der Waals surface area (Å²) >= 11 is 1.86. The lowest BCUT2D eigenvalue weighted by molar-refractivity contribution is -0.112. The molecule has 0 aliphatic carbocycles. The van der Waals surface area contributed by atoms with Gasteiger partial charge in [-0.05, 0) is 17.5 Å². The van der Waals surface area contributed by atoms with Crippen LogP contribution < -0.4 is 5.32 Å². The summed E-state index contributed by atoms with van der Waals surface area (Å²) in [6.45, 7) is 6.09. The van der Waals surface area contributed by atoms with Crippen molar-refractivity contribution in [3.63, 3.8) is 0 Å². The standard InChI is InChI=1S/C15H23N3OS/c1-11(2)12-6-13(15(16-3)17-7-12)8-18-4-5-20-10-14(18)9-19/h6-7,9,11,14H,4-5,8,10H2,1-3H3,(H,16,17). The van der Waals surface area contributed by atoms with Gasteiger partial charge in [0.1, 0.15) is 12.1 Å². The number of nitrogens with one attached hydrogen (secondary N) is 1. The molecule has 1 aromatic heterocycles.